The van der Waals surface area contributed by atoms with Crippen LogP contribution in [0.1, 0.15) is 6.92 Å². The Morgan fingerprint density at radius 2 is 2.29 bits per heavy atom. The molecule has 0 fully saturated rings. The lowest BCUT2D eigenvalue weighted by molar-refractivity contribution is 0.0520. The van der Waals surface area contributed by atoms with Crippen molar-refractivity contribution in [3.63, 3.8) is 0 Å². The molecule has 0 amide bonds. The maximum Gasteiger partial charge on any atom is 0.145 e. The number of rotatable bonds is 1. The average molecular weight is 100 g/mol. The first kappa shape index (κ1) is 6.48. The Hall–Kier alpha value is -0.520. The lowest BCUT2D eigenvalue weighted by Crippen LogP contribution is -2.25. The molecule has 0 aromatic carbocycles. The van der Waals surface area contributed by atoms with Gasteiger partial charge in [-0.1, -0.05) is 5.92 Å². The summed E-state index contributed by atoms with van der Waals surface area (Å²) >= 11 is 0. The highest BCUT2D eigenvalue weighted by molar-refractivity contribution is 5.03. The van der Waals surface area contributed by atoms with Gasteiger partial charge in [0.15, 0.2) is 0 Å². The smallest absolute Gasteiger partial charge is 0.145 e. The molecule has 0 aromatic heterocycles. The zero-order chi connectivity index (χ0) is 5.91. The van der Waals surface area contributed by atoms with Crippen LogP contribution >= 0.6 is 0 Å². The van der Waals surface area contributed by atoms with E-state index < -0.39 is 5.60 Å². The van der Waals surface area contributed by atoms with Crippen molar-refractivity contribution in [1.82, 2.24) is 0 Å². The predicted molar refractivity (Wildman–Crippen MR) is 26.5 cm³/mol. The number of aliphatic hydroxyl groups is 2. The van der Waals surface area contributed by atoms with Crippen molar-refractivity contribution in [2.45, 2.75) is 12.5 Å². The van der Waals surface area contributed by atoms with E-state index in [4.69, 9.17) is 16.6 Å². The van der Waals surface area contributed by atoms with Gasteiger partial charge in [0.05, 0.1) is 6.61 Å². The molecule has 0 aromatic rings. The number of aliphatic hydroxyl groups excluding tert-OH is 1. The molecule has 2 heteroatoms. The van der Waals surface area contributed by atoms with Gasteiger partial charge in [0, 0.05) is 0 Å². The minimum absolute atomic E-state index is 0.385. The van der Waals surface area contributed by atoms with Gasteiger partial charge in [-0.2, -0.15) is 0 Å². The number of terminal acetylenes is 1. The predicted octanol–water partition coefficient (Wildman–Crippen LogP) is -0.637. The lowest BCUT2D eigenvalue weighted by atomic mass is 10.1. The van der Waals surface area contributed by atoms with Crippen molar-refractivity contribution in [3.05, 3.63) is 0 Å². The molecular formula is C5H8O2. The second-order valence-electron chi connectivity index (χ2n) is 1.58. The van der Waals surface area contributed by atoms with Crippen molar-refractivity contribution in [1.29, 1.82) is 0 Å². The average Bonchev–Trinajstić information content (AvgIpc) is 1.68. The summed E-state index contributed by atoms with van der Waals surface area (Å²) in [6.45, 7) is 0.983. The Labute approximate surface area is 42.8 Å². The van der Waals surface area contributed by atoms with Crippen LogP contribution in [-0.2, 0) is 0 Å². The van der Waals surface area contributed by atoms with Crippen molar-refractivity contribution in [2.75, 3.05) is 6.61 Å². The van der Waals surface area contributed by atoms with E-state index in [0.29, 0.717) is 0 Å². The van der Waals surface area contributed by atoms with Gasteiger partial charge in [0.25, 0.3) is 0 Å². The van der Waals surface area contributed by atoms with Gasteiger partial charge >= 0.3 is 0 Å². The molecule has 0 bridgehead atoms. The second-order valence-corrected chi connectivity index (χ2v) is 1.58. The fraction of sp³-hybridized carbons (Fsp3) is 0.600. The Bertz CT molecular complexity index is 88.7. The topological polar surface area (TPSA) is 40.5 Å². The van der Waals surface area contributed by atoms with Gasteiger partial charge in [-0.15, -0.1) is 6.42 Å². The van der Waals surface area contributed by atoms with Crippen molar-refractivity contribution in [2.24, 2.45) is 0 Å². The number of hydrogen-bond acceptors (Lipinski definition) is 2. The van der Waals surface area contributed by atoms with E-state index in [1.807, 2.05) is 5.92 Å². The van der Waals surface area contributed by atoms with E-state index in [9.17, 15) is 0 Å². The molecule has 2 nitrogen and oxygen atoms in total. The quantitative estimate of drug-likeness (QED) is 0.430. The molecule has 0 aliphatic carbocycles. The Morgan fingerprint density at radius 1 is 1.86 bits per heavy atom. The zero-order valence-electron chi connectivity index (χ0n) is 4.18. The fourth-order valence-electron chi connectivity index (χ4n) is 0.0456. The summed E-state index contributed by atoms with van der Waals surface area (Å²) < 4.78 is 0. The molecular weight excluding hydrogens is 92.1 g/mol. The molecule has 0 heterocycles. The summed E-state index contributed by atoms with van der Waals surface area (Å²) in [5.74, 6) is 2.00. The van der Waals surface area contributed by atoms with Crippen molar-refractivity contribution < 1.29 is 10.2 Å². The third-order valence-electron chi connectivity index (χ3n) is 0.619. The summed E-state index contributed by atoms with van der Waals surface area (Å²) in [6.07, 6.45) is 4.76. The van der Waals surface area contributed by atoms with E-state index in [1.165, 1.54) is 6.92 Å². The van der Waals surface area contributed by atoms with Crippen LogP contribution < -0.4 is 0 Å². The molecule has 0 radical (unpaired) electrons. The zero-order valence-corrected chi connectivity index (χ0v) is 4.18. The highest BCUT2D eigenvalue weighted by Gasteiger charge is 2.12. The van der Waals surface area contributed by atoms with Crippen LogP contribution in [0.4, 0.5) is 0 Å². The van der Waals surface area contributed by atoms with Gasteiger partial charge < -0.3 is 10.2 Å². The molecule has 2 N–H and O–H groups in total. The van der Waals surface area contributed by atoms with Crippen LogP contribution in [0, 0.1) is 12.3 Å². The summed E-state index contributed by atoms with van der Waals surface area (Å²) in [7, 11) is 0. The first-order valence-corrected chi connectivity index (χ1v) is 1.93. The molecule has 0 saturated heterocycles. The first-order valence-electron chi connectivity index (χ1n) is 1.93. The SMILES string of the molecule is C#C[C@@](C)(O)CO. The van der Waals surface area contributed by atoms with Crippen LogP contribution in [0.3, 0.4) is 0 Å². The fourth-order valence-corrected chi connectivity index (χ4v) is 0.0456. The van der Waals surface area contributed by atoms with E-state index in [1.54, 1.807) is 0 Å². The Morgan fingerprint density at radius 3 is 2.29 bits per heavy atom. The largest absolute Gasteiger partial charge is 0.392 e. The highest BCUT2D eigenvalue weighted by Crippen LogP contribution is 1.95. The van der Waals surface area contributed by atoms with Gasteiger partial charge in [-0.05, 0) is 6.92 Å². The van der Waals surface area contributed by atoms with Crippen LogP contribution in [0.15, 0.2) is 0 Å². The van der Waals surface area contributed by atoms with Crippen LogP contribution in [0.5, 0.6) is 0 Å². The third-order valence-corrected chi connectivity index (χ3v) is 0.619. The molecule has 0 saturated carbocycles. The Kier molecular flexibility index (Phi) is 1.82. The van der Waals surface area contributed by atoms with E-state index in [-0.39, 0.29) is 6.61 Å². The molecule has 0 spiro atoms. The van der Waals surface area contributed by atoms with Gasteiger partial charge in [0.1, 0.15) is 5.60 Å². The third kappa shape index (κ3) is 2.21. The molecule has 1 atom stereocenters. The maximum atomic E-state index is 8.65. The normalized spacial score (nSPS) is 17.4. The van der Waals surface area contributed by atoms with E-state index in [0.717, 1.165) is 0 Å². The first-order chi connectivity index (χ1) is 3.12. The summed E-state index contributed by atoms with van der Waals surface area (Å²) in [5.41, 5.74) is -1.33. The Balaban J connectivity index is 3.66. The minimum Gasteiger partial charge on any atom is -0.392 e. The molecule has 0 unspecified atom stereocenters. The van der Waals surface area contributed by atoms with Crippen LogP contribution in [0.2, 0.25) is 0 Å². The molecule has 40 valence electrons. The maximum absolute atomic E-state index is 8.65. The van der Waals surface area contributed by atoms with Gasteiger partial charge in [-0.3, -0.25) is 0 Å². The summed E-state index contributed by atoms with van der Waals surface area (Å²) in [4.78, 5) is 0. The monoisotopic (exact) mass is 100 g/mol. The molecule has 7 heavy (non-hydrogen) atoms. The second kappa shape index (κ2) is 1.97. The summed E-state index contributed by atoms with van der Waals surface area (Å²) in [5, 5.41) is 16.8. The van der Waals surface area contributed by atoms with Crippen molar-refractivity contribution >= 4 is 0 Å². The highest BCUT2D eigenvalue weighted by atomic mass is 16.3. The lowest BCUT2D eigenvalue weighted by Gasteiger charge is -2.09. The number of hydrogen-bond donors (Lipinski definition) is 2. The van der Waals surface area contributed by atoms with Gasteiger partial charge in [0.2, 0.25) is 0 Å². The standard InChI is InChI=1S/C5H8O2/c1-3-5(2,7)4-6/h1,6-7H,4H2,2H3/t5-/m1/s1. The minimum atomic E-state index is -1.33. The molecule has 0 aliphatic heterocycles. The van der Waals surface area contributed by atoms with Crippen LogP contribution in [0.25, 0.3) is 0 Å². The van der Waals surface area contributed by atoms with Gasteiger partial charge in [-0.25, -0.2) is 0 Å². The summed E-state index contributed by atoms with van der Waals surface area (Å²) in [6, 6.07) is 0. The van der Waals surface area contributed by atoms with E-state index >= 15 is 0 Å². The van der Waals surface area contributed by atoms with Crippen molar-refractivity contribution in [3.8, 4) is 12.3 Å². The molecule has 0 aliphatic rings. The van der Waals surface area contributed by atoms with E-state index in [2.05, 4.69) is 0 Å². The molecule has 0 rings (SSSR count). The van der Waals surface area contributed by atoms with Crippen LogP contribution in [-0.4, -0.2) is 22.4 Å².